The maximum atomic E-state index is 12.2. The Morgan fingerprint density at radius 2 is 1.95 bits per heavy atom. The van der Waals surface area contributed by atoms with Crippen LogP contribution in [0.15, 0.2) is 42.5 Å². The molecular formula is C16H16N2O3. The Hall–Kier alpha value is -2.69. The highest BCUT2D eigenvalue weighted by Gasteiger charge is 2.21. The Kier molecular flexibility index (Phi) is 3.39. The minimum atomic E-state index is -0.394. The van der Waals surface area contributed by atoms with Crippen molar-refractivity contribution in [3.63, 3.8) is 0 Å². The Morgan fingerprint density at radius 1 is 1.14 bits per heavy atom. The number of benzene rings is 2. The van der Waals surface area contributed by atoms with Crippen molar-refractivity contribution in [2.45, 2.75) is 12.5 Å². The van der Waals surface area contributed by atoms with Crippen LogP contribution in [0.2, 0.25) is 0 Å². The number of nitrogens with one attached hydrogen (secondary N) is 2. The SMILES string of the molecule is O=C(NC1CNc2ccccc2C1)c1cccc(O)c1O. The minimum absolute atomic E-state index is 0.0610. The van der Waals surface area contributed by atoms with Crippen molar-refractivity contribution in [2.75, 3.05) is 11.9 Å². The quantitative estimate of drug-likeness (QED) is 0.635. The molecule has 0 saturated heterocycles. The van der Waals surface area contributed by atoms with Gasteiger partial charge in [-0.2, -0.15) is 0 Å². The first kappa shape index (κ1) is 13.3. The summed E-state index contributed by atoms with van der Waals surface area (Å²) in [6.45, 7) is 0.627. The highest BCUT2D eigenvalue weighted by Crippen LogP contribution is 2.28. The molecule has 2 aromatic rings. The summed E-state index contributed by atoms with van der Waals surface area (Å²) in [5.41, 5.74) is 2.31. The van der Waals surface area contributed by atoms with Crippen molar-refractivity contribution in [2.24, 2.45) is 0 Å². The summed E-state index contributed by atoms with van der Waals surface area (Å²) in [6, 6.07) is 12.2. The molecule has 0 fully saturated rings. The second-order valence-electron chi connectivity index (χ2n) is 5.09. The molecule has 4 N–H and O–H groups in total. The molecule has 3 rings (SSSR count). The van der Waals surface area contributed by atoms with Gasteiger partial charge in [-0.15, -0.1) is 0 Å². The Morgan fingerprint density at radius 3 is 2.81 bits per heavy atom. The van der Waals surface area contributed by atoms with Crippen molar-refractivity contribution in [1.29, 1.82) is 0 Å². The van der Waals surface area contributed by atoms with Crippen LogP contribution < -0.4 is 10.6 Å². The number of fused-ring (bicyclic) bond motifs is 1. The number of para-hydroxylation sites is 2. The van der Waals surface area contributed by atoms with Gasteiger partial charge < -0.3 is 20.8 Å². The average molecular weight is 284 g/mol. The fourth-order valence-corrected chi connectivity index (χ4v) is 2.52. The van der Waals surface area contributed by atoms with Crippen molar-refractivity contribution in [1.82, 2.24) is 5.32 Å². The van der Waals surface area contributed by atoms with Gasteiger partial charge >= 0.3 is 0 Å². The number of carbonyl (C=O) groups is 1. The van der Waals surface area contributed by atoms with Gasteiger partial charge in [-0.25, -0.2) is 0 Å². The molecule has 108 valence electrons. The molecule has 0 aromatic heterocycles. The van der Waals surface area contributed by atoms with Gasteiger partial charge in [-0.1, -0.05) is 24.3 Å². The molecule has 0 radical (unpaired) electrons. The fourth-order valence-electron chi connectivity index (χ4n) is 2.52. The van der Waals surface area contributed by atoms with Gasteiger partial charge in [0.05, 0.1) is 11.6 Å². The predicted molar refractivity (Wildman–Crippen MR) is 79.7 cm³/mol. The van der Waals surface area contributed by atoms with Crippen LogP contribution in [-0.2, 0) is 6.42 Å². The van der Waals surface area contributed by atoms with Gasteiger partial charge in [0.25, 0.3) is 5.91 Å². The van der Waals surface area contributed by atoms with Crippen LogP contribution in [0.4, 0.5) is 5.69 Å². The summed E-state index contributed by atoms with van der Waals surface area (Å²) in [5, 5.41) is 25.3. The molecule has 5 heteroatoms. The Bertz CT molecular complexity index is 685. The van der Waals surface area contributed by atoms with Gasteiger partial charge in [0.15, 0.2) is 11.5 Å². The van der Waals surface area contributed by atoms with Crippen LogP contribution in [0.3, 0.4) is 0 Å². The van der Waals surface area contributed by atoms with E-state index in [1.165, 1.54) is 18.2 Å². The molecule has 0 saturated carbocycles. The topological polar surface area (TPSA) is 81.6 Å². The van der Waals surface area contributed by atoms with Crippen molar-refractivity contribution in [3.05, 3.63) is 53.6 Å². The first-order chi connectivity index (χ1) is 10.1. The number of phenolic OH excluding ortho intramolecular Hbond substituents is 2. The molecule has 1 heterocycles. The first-order valence-electron chi connectivity index (χ1n) is 6.78. The molecule has 2 aromatic carbocycles. The molecule has 0 aliphatic carbocycles. The highest BCUT2D eigenvalue weighted by atomic mass is 16.3. The minimum Gasteiger partial charge on any atom is -0.504 e. The summed E-state index contributed by atoms with van der Waals surface area (Å²) in [7, 11) is 0. The second-order valence-corrected chi connectivity index (χ2v) is 5.09. The number of carbonyl (C=O) groups excluding carboxylic acids is 1. The van der Waals surface area contributed by atoms with E-state index in [2.05, 4.69) is 10.6 Å². The number of aromatic hydroxyl groups is 2. The zero-order valence-electron chi connectivity index (χ0n) is 11.3. The molecule has 0 bridgehead atoms. The smallest absolute Gasteiger partial charge is 0.255 e. The number of hydrogen-bond acceptors (Lipinski definition) is 4. The van der Waals surface area contributed by atoms with Crippen molar-refractivity contribution < 1.29 is 15.0 Å². The number of phenols is 2. The maximum Gasteiger partial charge on any atom is 0.255 e. The molecule has 1 unspecified atom stereocenters. The summed E-state index contributed by atoms with van der Waals surface area (Å²) in [5.74, 6) is -1.08. The first-order valence-corrected chi connectivity index (χ1v) is 6.78. The molecule has 21 heavy (non-hydrogen) atoms. The van der Waals surface area contributed by atoms with E-state index in [-0.39, 0.29) is 23.1 Å². The summed E-state index contributed by atoms with van der Waals surface area (Å²) in [4.78, 5) is 12.2. The third-order valence-electron chi connectivity index (χ3n) is 3.62. The lowest BCUT2D eigenvalue weighted by Gasteiger charge is -2.27. The van der Waals surface area contributed by atoms with Crippen LogP contribution in [0.1, 0.15) is 15.9 Å². The van der Waals surface area contributed by atoms with E-state index in [0.29, 0.717) is 6.54 Å². The van der Waals surface area contributed by atoms with Gasteiger partial charge in [-0.3, -0.25) is 4.79 Å². The average Bonchev–Trinajstić information content (AvgIpc) is 2.50. The predicted octanol–water partition coefficient (Wildman–Crippen LogP) is 1.86. The number of hydrogen-bond donors (Lipinski definition) is 4. The van der Waals surface area contributed by atoms with E-state index in [4.69, 9.17) is 0 Å². The van der Waals surface area contributed by atoms with Gasteiger partial charge in [0.2, 0.25) is 0 Å². The van der Waals surface area contributed by atoms with Crippen LogP contribution in [-0.4, -0.2) is 28.7 Å². The van der Waals surface area contributed by atoms with Gasteiger partial charge in [0, 0.05) is 12.2 Å². The summed E-state index contributed by atoms with van der Waals surface area (Å²) in [6.07, 6.45) is 0.731. The number of amides is 1. The molecule has 1 atom stereocenters. The summed E-state index contributed by atoms with van der Waals surface area (Å²) >= 11 is 0. The Labute approximate surface area is 122 Å². The lowest BCUT2D eigenvalue weighted by molar-refractivity contribution is 0.0935. The molecule has 1 aliphatic heterocycles. The van der Waals surface area contributed by atoms with Gasteiger partial charge in [-0.05, 0) is 30.2 Å². The fraction of sp³-hybridized carbons (Fsp3) is 0.188. The zero-order chi connectivity index (χ0) is 14.8. The van der Waals surface area contributed by atoms with E-state index in [1.807, 2.05) is 24.3 Å². The van der Waals surface area contributed by atoms with E-state index in [9.17, 15) is 15.0 Å². The van der Waals surface area contributed by atoms with E-state index < -0.39 is 5.91 Å². The van der Waals surface area contributed by atoms with Crippen LogP contribution in [0.5, 0.6) is 11.5 Å². The van der Waals surface area contributed by atoms with E-state index in [1.54, 1.807) is 0 Å². The third kappa shape index (κ3) is 2.63. The molecule has 5 nitrogen and oxygen atoms in total. The van der Waals surface area contributed by atoms with Crippen LogP contribution in [0.25, 0.3) is 0 Å². The molecule has 0 spiro atoms. The number of anilines is 1. The van der Waals surface area contributed by atoms with Crippen molar-refractivity contribution in [3.8, 4) is 11.5 Å². The van der Waals surface area contributed by atoms with E-state index >= 15 is 0 Å². The van der Waals surface area contributed by atoms with E-state index in [0.717, 1.165) is 17.7 Å². The molecular weight excluding hydrogens is 268 g/mol. The van der Waals surface area contributed by atoms with Crippen LogP contribution in [0, 0.1) is 0 Å². The third-order valence-corrected chi connectivity index (χ3v) is 3.62. The molecule has 1 aliphatic rings. The molecule has 1 amide bonds. The van der Waals surface area contributed by atoms with Crippen LogP contribution >= 0.6 is 0 Å². The van der Waals surface area contributed by atoms with Crippen molar-refractivity contribution >= 4 is 11.6 Å². The Balaban J connectivity index is 1.73. The zero-order valence-corrected chi connectivity index (χ0v) is 11.3. The summed E-state index contributed by atoms with van der Waals surface area (Å²) < 4.78 is 0. The lowest BCUT2D eigenvalue weighted by atomic mass is 9.99. The largest absolute Gasteiger partial charge is 0.504 e. The lowest BCUT2D eigenvalue weighted by Crippen LogP contribution is -2.43. The monoisotopic (exact) mass is 284 g/mol. The maximum absolute atomic E-state index is 12.2. The highest BCUT2D eigenvalue weighted by molar-refractivity contribution is 5.97. The second kappa shape index (κ2) is 5.36. The number of rotatable bonds is 2. The normalized spacial score (nSPS) is 16.7. The standard InChI is InChI=1S/C16H16N2O3/c19-14-7-3-5-12(15(14)20)16(21)18-11-8-10-4-1-2-6-13(10)17-9-11/h1-7,11,17,19-20H,8-9H2,(H,18,21). The van der Waals surface area contributed by atoms with Gasteiger partial charge in [0.1, 0.15) is 0 Å².